The Bertz CT molecular complexity index is 1160. The molecule has 5 heteroatoms. The molecule has 0 aromatic heterocycles. The lowest BCUT2D eigenvalue weighted by Crippen LogP contribution is -2.12. The summed E-state index contributed by atoms with van der Waals surface area (Å²) in [6.07, 6.45) is 6.95. The summed E-state index contributed by atoms with van der Waals surface area (Å²) in [4.78, 5) is 0. The standard InChI is InChI=1S/C31H32F4O/c1-2-36-29-18-17-28(30(34)31(29)35)26-15-7-22(8-16-26)4-3-21-5-11-24(12-6-21)25-13-9-23(10-14-25)19-27(33)20-32/h5-8,11-12,15-19,23,25H,2-4,9-10,13-14,20H2,1H3/b27-19-. The highest BCUT2D eigenvalue weighted by Crippen LogP contribution is 2.37. The molecule has 36 heavy (non-hydrogen) atoms. The molecule has 0 heterocycles. The molecule has 1 saturated carbocycles. The number of benzene rings is 3. The van der Waals surface area contributed by atoms with Gasteiger partial charge in [0.2, 0.25) is 5.82 Å². The van der Waals surface area contributed by atoms with Gasteiger partial charge in [0.05, 0.1) is 6.61 Å². The Morgan fingerprint density at radius 2 is 1.44 bits per heavy atom. The summed E-state index contributed by atoms with van der Waals surface area (Å²) >= 11 is 0. The molecule has 0 spiro atoms. The second-order valence-corrected chi connectivity index (χ2v) is 9.47. The first-order chi connectivity index (χ1) is 17.5. The van der Waals surface area contributed by atoms with Gasteiger partial charge in [0, 0.05) is 5.56 Å². The van der Waals surface area contributed by atoms with E-state index in [-0.39, 0.29) is 23.8 Å². The molecule has 0 radical (unpaired) electrons. The second-order valence-electron chi connectivity index (χ2n) is 9.47. The lowest BCUT2D eigenvalue weighted by Gasteiger charge is -2.27. The van der Waals surface area contributed by atoms with E-state index in [1.54, 1.807) is 13.0 Å². The van der Waals surface area contributed by atoms with Crippen molar-refractivity contribution in [2.24, 2.45) is 5.92 Å². The average Bonchev–Trinajstić information content (AvgIpc) is 2.91. The van der Waals surface area contributed by atoms with Crippen molar-refractivity contribution in [1.82, 2.24) is 0 Å². The minimum absolute atomic E-state index is 0.0739. The fourth-order valence-electron chi connectivity index (χ4n) is 5.04. The van der Waals surface area contributed by atoms with E-state index in [1.807, 2.05) is 24.3 Å². The molecular weight excluding hydrogens is 464 g/mol. The van der Waals surface area contributed by atoms with E-state index in [2.05, 4.69) is 24.3 Å². The third-order valence-electron chi connectivity index (χ3n) is 7.08. The van der Waals surface area contributed by atoms with Crippen LogP contribution in [0.25, 0.3) is 11.1 Å². The zero-order valence-corrected chi connectivity index (χ0v) is 20.6. The zero-order chi connectivity index (χ0) is 25.5. The first-order valence-corrected chi connectivity index (χ1v) is 12.7. The van der Waals surface area contributed by atoms with Gasteiger partial charge < -0.3 is 4.74 Å². The number of allylic oxidation sites excluding steroid dienone is 2. The third kappa shape index (κ3) is 6.37. The minimum atomic E-state index is -1.01. The van der Waals surface area contributed by atoms with Crippen LogP contribution in [0.5, 0.6) is 5.75 Å². The van der Waals surface area contributed by atoms with Crippen LogP contribution in [0.4, 0.5) is 17.6 Å². The van der Waals surface area contributed by atoms with E-state index in [0.717, 1.165) is 44.1 Å². The van der Waals surface area contributed by atoms with Crippen molar-refractivity contribution in [3.8, 4) is 16.9 Å². The summed E-state index contributed by atoms with van der Waals surface area (Å²) in [5.74, 6) is -1.96. The number of aryl methyl sites for hydroxylation is 2. The molecule has 190 valence electrons. The quantitative estimate of drug-likeness (QED) is 0.269. The molecule has 3 aromatic rings. The van der Waals surface area contributed by atoms with Crippen molar-refractivity contribution < 1.29 is 22.3 Å². The van der Waals surface area contributed by atoms with Gasteiger partial charge in [-0.3, -0.25) is 0 Å². The summed E-state index contributed by atoms with van der Waals surface area (Å²) < 4.78 is 59.4. The number of hydrogen-bond acceptors (Lipinski definition) is 1. The highest BCUT2D eigenvalue weighted by Gasteiger charge is 2.21. The molecule has 0 aliphatic heterocycles. The van der Waals surface area contributed by atoms with Crippen molar-refractivity contribution in [3.05, 3.63) is 101 Å². The maximum absolute atomic E-state index is 14.5. The smallest absolute Gasteiger partial charge is 0.201 e. The number of rotatable bonds is 9. The van der Waals surface area contributed by atoms with E-state index in [9.17, 15) is 17.6 Å². The fourth-order valence-corrected chi connectivity index (χ4v) is 5.04. The van der Waals surface area contributed by atoms with Gasteiger partial charge in [-0.15, -0.1) is 0 Å². The lowest BCUT2D eigenvalue weighted by molar-refractivity contribution is 0.314. The predicted molar refractivity (Wildman–Crippen MR) is 137 cm³/mol. The monoisotopic (exact) mass is 496 g/mol. The van der Waals surface area contributed by atoms with Crippen LogP contribution in [0.2, 0.25) is 0 Å². The van der Waals surface area contributed by atoms with E-state index in [1.165, 1.54) is 23.3 Å². The molecule has 1 aliphatic rings. The maximum Gasteiger partial charge on any atom is 0.201 e. The van der Waals surface area contributed by atoms with Crippen LogP contribution in [0.1, 0.15) is 55.2 Å². The fraction of sp³-hybridized carbons (Fsp3) is 0.355. The van der Waals surface area contributed by atoms with Crippen molar-refractivity contribution in [2.45, 2.75) is 51.4 Å². The maximum atomic E-state index is 14.5. The number of hydrogen-bond donors (Lipinski definition) is 0. The highest BCUT2D eigenvalue weighted by atomic mass is 19.2. The van der Waals surface area contributed by atoms with Gasteiger partial charge in [-0.1, -0.05) is 48.5 Å². The SMILES string of the molecule is CCOc1ccc(-c2ccc(CCc3ccc(C4CCC(/C=C(\F)CF)CC4)cc3)cc2)c(F)c1F. The second kappa shape index (κ2) is 12.2. The number of alkyl halides is 1. The van der Waals surface area contributed by atoms with Crippen LogP contribution in [-0.2, 0) is 12.8 Å². The normalized spacial score (nSPS) is 18.3. The molecule has 0 unspecified atom stereocenters. The Hall–Kier alpha value is -3.08. The van der Waals surface area contributed by atoms with Crippen molar-refractivity contribution in [1.29, 1.82) is 0 Å². The molecule has 1 fully saturated rings. The largest absolute Gasteiger partial charge is 0.491 e. The van der Waals surface area contributed by atoms with E-state index < -0.39 is 24.1 Å². The van der Waals surface area contributed by atoms with Crippen molar-refractivity contribution in [3.63, 3.8) is 0 Å². The first kappa shape index (κ1) is 26.0. The third-order valence-corrected chi connectivity index (χ3v) is 7.08. The predicted octanol–water partition coefficient (Wildman–Crippen LogP) is 8.91. The number of halogens is 4. The van der Waals surface area contributed by atoms with Gasteiger partial charge in [0.15, 0.2) is 11.6 Å². The molecule has 0 atom stereocenters. The van der Waals surface area contributed by atoms with E-state index >= 15 is 0 Å². The Morgan fingerprint density at radius 1 is 0.833 bits per heavy atom. The van der Waals surface area contributed by atoms with Crippen LogP contribution in [-0.4, -0.2) is 13.3 Å². The molecule has 1 nitrogen and oxygen atoms in total. The summed E-state index contributed by atoms with van der Waals surface area (Å²) in [6.45, 7) is 0.995. The van der Waals surface area contributed by atoms with Gasteiger partial charge >= 0.3 is 0 Å². The Labute approximate surface area is 210 Å². The summed E-state index contributed by atoms with van der Waals surface area (Å²) in [5.41, 5.74) is 4.52. The topological polar surface area (TPSA) is 9.23 Å². The first-order valence-electron chi connectivity index (χ1n) is 12.7. The molecule has 0 amide bonds. The molecule has 0 bridgehead atoms. The van der Waals surface area contributed by atoms with Crippen LogP contribution >= 0.6 is 0 Å². The molecule has 0 N–H and O–H groups in total. The van der Waals surface area contributed by atoms with E-state index in [0.29, 0.717) is 11.5 Å². The van der Waals surface area contributed by atoms with Gasteiger partial charge in [-0.05, 0) is 97.7 Å². The molecule has 4 rings (SSSR count). The summed E-state index contributed by atoms with van der Waals surface area (Å²) in [5, 5.41) is 0. The zero-order valence-electron chi connectivity index (χ0n) is 20.6. The van der Waals surface area contributed by atoms with Crippen LogP contribution in [0.15, 0.2) is 72.6 Å². The molecule has 1 aliphatic carbocycles. The summed E-state index contributed by atoms with van der Waals surface area (Å²) in [7, 11) is 0. The minimum Gasteiger partial charge on any atom is -0.491 e. The highest BCUT2D eigenvalue weighted by molar-refractivity contribution is 5.65. The Morgan fingerprint density at radius 3 is 2.03 bits per heavy atom. The van der Waals surface area contributed by atoms with Crippen molar-refractivity contribution in [2.75, 3.05) is 13.3 Å². The lowest BCUT2D eigenvalue weighted by atomic mass is 9.78. The molecule has 0 saturated heterocycles. The average molecular weight is 497 g/mol. The van der Waals surface area contributed by atoms with Gasteiger partial charge in [-0.25, -0.2) is 13.2 Å². The van der Waals surface area contributed by atoms with Gasteiger partial charge in [0.1, 0.15) is 12.5 Å². The molecule has 3 aromatic carbocycles. The van der Waals surface area contributed by atoms with Crippen molar-refractivity contribution >= 4 is 0 Å². The summed E-state index contributed by atoms with van der Waals surface area (Å²) in [6, 6.07) is 19.3. The number of ether oxygens (including phenoxy) is 1. The van der Waals surface area contributed by atoms with Crippen LogP contribution in [0, 0.1) is 17.6 Å². The van der Waals surface area contributed by atoms with E-state index in [4.69, 9.17) is 4.74 Å². The Balaban J connectivity index is 1.31. The van der Waals surface area contributed by atoms with Gasteiger partial charge in [0.25, 0.3) is 0 Å². The van der Waals surface area contributed by atoms with Crippen LogP contribution < -0.4 is 4.74 Å². The Kier molecular flexibility index (Phi) is 8.84. The van der Waals surface area contributed by atoms with Crippen LogP contribution in [0.3, 0.4) is 0 Å². The van der Waals surface area contributed by atoms with Gasteiger partial charge in [-0.2, -0.15) is 4.39 Å². The molecular formula is C31H32F4O.